The van der Waals surface area contributed by atoms with E-state index >= 15 is 0 Å². The van der Waals surface area contributed by atoms with Crippen molar-refractivity contribution in [3.8, 4) is 0 Å². The van der Waals surface area contributed by atoms with E-state index in [0.29, 0.717) is 16.5 Å². The lowest BCUT2D eigenvalue weighted by atomic mass is 9.89. The predicted molar refractivity (Wildman–Crippen MR) is 79.6 cm³/mol. The van der Waals surface area contributed by atoms with Gasteiger partial charge in [-0.2, -0.15) is 0 Å². The first-order chi connectivity index (χ1) is 9.97. The molecule has 0 radical (unpaired) electrons. The number of aliphatic carboxylic acids is 1. The topological polar surface area (TPSA) is 57.6 Å². The Morgan fingerprint density at radius 3 is 2.62 bits per heavy atom. The third kappa shape index (κ3) is 2.62. The van der Waals surface area contributed by atoms with Gasteiger partial charge in [0.1, 0.15) is 0 Å². The summed E-state index contributed by atoms with van der Waals surface area (Å²) < 4.78 is 0. The van der Waals surface area contributed by atoms with Crippen LogP contribution in [0.15, 0.2) is 18.2 Å². The third-order valence-corrected chi connectivity index (χ3v) is 5.22. The number of carbonyl (C=O) groups is 2. The first-order valence-corrected chi connectivity index (χ1v) is 7.71. The maximum Gasteiger partial charge on any atom is 0.308 e. The number of hydrogen-bond acceptors (Lipinski definition) is 2. The molecule has 0 aliphatic carbocycles. The Hall–Kier alpha value is -1.26. The van der Waals surface area contributed by atoms with Crippen LogP contribution in [-0.2, 0) is 16.0 Å². The molecule has 6 heteroatoms. The van der Waals surface area contributed by atoms with E-state index in [-0.39, 0.29) is 24.4 Å². The lowest BCUT2D eigenvalue weighted by molar-refractivity contribution is -0.143. The molecule has 0 spiro atoms. The highest BCUT2D eigenvalue weighted by molar-refractivity contribution is 6.42. The first kappa shape index (κ1) is 14.7. The summed E-state index contributed by atoms with van der Waals surface area (Å²) in [5, 5.41) is 10.1. The van der Waals surface area contributed by atoms with Crippen molar-refractivity contribution in [1.82, 2.24) is 4.90 Å². The second kappa shape index (κ2) is 5.50. The third-order valence-electron chi connectivity index (χ3n) is 4.48. The number of fused-ring (bicyclic) bond motifs is 2. The van der Waals surface area contributed by atoms with Gasteiger partial charge in [0.2, 0.25) is 5.91 Å². The van der Waals surface area contributed by atoms with E-state index in [4.69, 9.17) is 23.2 Å². The number of benzene rings is 1. The largest absolute Gasteiger partial charge is 0.481 e. The van der Waals surface area contributed by atoms with Crippen LogP contribution in [-0.4, -0.2) is 34.0 Å². The predicted octanol–water partition coefficient (Wildman–Crippen LogP) is 3.00. The fourth-order valence-corrected chi connectivity index (χ4v) is 3.88. The molecule has 3 atom stereocenters. The molecule has 2 saturated heterocycles. The van der Waals surface area contributed by atoms with Gasteiger partial charge in [-0.25, -0.2) is 0 Å². The van der Waals surface area contributed by atoms with E-state index in [1.807, 2.05) is 0 Å². The Labute approximate surface area is 132 Å². The molecule has 1 amide bonds. The standard InChI is InChI=1S/C15H15Cl2NO3/c16-11-3-1-8(5-12(11)17)6-14(19)18-9-2-4-13(18)10(7-9)15(20)21/h1,3,5,9-10,13H,2,4,6-7H2,(H,20,21). The van der Waals surface area contributed by atoms with Crippen molar-refractivity contribution in [2.24, 2.45) is 5.92 Å². The molecule has 2 heterocycles. The van der Waals surface area contributed by atoms with Gasteiger partial charge in [0.15, 0.2) is 0 Å². The molecule has 2 aliphatic rings. The molecule has 2 fully saturated rings. The Bertz CT molecular complexity index is 605. The smallest absolute Gasteiger partial charge is 0.308 e. The SMILES string of the molecule is O=C(O)C1CC2CCC1N2C(=O)Cc1ccc(Cl)c(Cl)c1. The lowest BCUT2D eigenvalue weighted by Crippen LogP contribution is -2.38. The molecular weight excluding hydrogens is 313 g/mol. The second-order valence-corrected chi connectivity index (χ2v) is 6.52. The van der Waals surface area contributed by atoms with E-state index in [9.17, 15) is 14.7 Å². The van der Waals surface area contributed by atoms with Crippen molar-refractivity contribution < 1.29 is 14.7 Å². The molecule has 1 aromatic carbocycles. The Kier molecular flexibility index (Phi) is 3.84. The Balaban J connectivity index is 1.74. The summed E-state index contributed by atoms with van der Waals surface area (Å²) >= 11 is 11.8. The summed E-state index contributed by atoms with van der Waals surface area (Å²) in [5.41, 5.74) is 0.799. The van der Waals surface area contributed by atoms with E-state index in [1.54, 1.807) is 23.1 Å². The zero-order valence-corrected chi connectivity index (χ0v) is 12.8. The van der Waals surface area contributed by atoms with Gasteiger partial charge in [-0.05, 0) is 37.0 Å². The van der Waals surface area contributed by atoms with Gasteiger partial charge in [-0.1, -0.05) is 29.3 Å². The number of hydrogen-bond donors (Lipinski definition) is 1. The van der Waals surface area contributed by atoms with Crippen molar-refractivity contribution in [3.63, 3.8) is 0 Å². The summed E-state index contributed by atoms with van der Waals surface area (Å²) in [4.78, 5) is 25.5. The van der Waals surface area contributed by atoms with Crippen molar-refractivity contribution in [1.29, 1.82) is 0 Å². The normalized spacial score (nSPS) is 27.1. The quantitative estimate of drug-likeness (QED) is 0.928. The van der Waals surface area contributed by atoms with Gasteiger partial charge in [0, 0.05) is 12.1 Å². The molecular formula is C15H15Cl2NO3. The second-order valence-electron chi connectivity index (χ2n) is 5.71. The number of carboxylic acids is 1. The summed E-state index contributed by atoms with van der Waals surface area (Å²) in [5.74, 6) is -1.24. The van der Waals surface area contributed by atoms with E-state index in [0.717, 1.165) is 18.4 Å². The lowest BCUT2D eigenvalue weighted by Gasteiger charge is -2.23. The highest BCUT2D eigenvalue weighted by atomic mass is 35.5. The highest BCUT2D eigenvalue weighted by Gasteiger charge is 2.50. The molecule has 21 heavy (non-hydrogen) atoms. The van der Waals surface area contributed by atoms with Gasteiger partial charge in [0.05, 0.1) is 22.4 Å². The average molecular weight is 328 g/mol. The van der Waals surface area contributed by atoms with Gasteiger partial charge >= 0.3 is 5.97 Å². The van der Waals surface area contributed by atoms with Crippen molar-refractivity contribution in [3.05, 3.63) is 33.8 Å². The minimum Gasteiger partial charge on any atom is -0.481 e. The molecule has 3 rings (SSSR count). The molecule has 3 unspecified atom stereocenters. The summed E-state index contributed by atoms with van der Waals surface area (Å²) in [6.45, 7) is 0. The fourth-order valence-electron chi connectivity index (χ4n) is 3.56. The van der Waals surface area contributed by atoms with Crippen LogP contribution in [0.4, 0.5) is 0 Å². The van der Waals surface area contributed by atoms with Crippen LogP contribution in [0.1, 0.15) is 24.8 Å². The average Bonchev–Trinajstić information content (AvgIpc) is 3.00. The number of carbonyl (C=O) groups excluding carboxylic acids is 1. The van der Waals surface area contributed by atoms with Gasteiger partial charge in [0.25, 0.3) is 0 Å². The summed E-state index contributed by atoms with van der Waals surface area (Å²) in [6, 6.07) is 5.06. The molecule has 0 aromatic heterocycles. The zero-order chi connectivity index (χ0) is 15.1. The van der Waals surface area contributed by atoms with Crippen molar-refractivity contribution in [2.75, 3.05) is 0 Å². The highest BCUT2D eigenvalue weighted by Crippen LogP contribution is 2.42. The van der Waals surface area contributed by atoms with Gasteiger partial charge in [-0.3, -0.25) is 9.59 Å². The Morgan fingerprint density at radius 1 is 1.24 bits per heavy atom. The molecule has 0 saturated carbocycles. The fraction of sp³-hybridized carbons (Fsp3) is 0.467. The monoisotopic (exact) mass is 327 g/mol. The molecule has 2 aliphatic heterocycles. The molecule has 2 bridgehead atoms. The van der Waals surface area contributed by atoms with Crippen LogP contribution in [0.25, 0.3) is 0 Å². The van der Waals surface area contributed by atoms with Gasteiger partial charge < -0.3 is 10.0 Å². The summed E-state index contributed by atoms with van der Waals surface area (Å²) in [6.07, 6.45) is 2.50. The number of carboxylic acid groups (broad SMARTS) is 1. The van der Waals surface area contributed by atoms with Crippen LogP contribution in [0.3, 0.4) is 0 Å². The summed E-state index contributed by atoms with van der Waals surface area (Å²) in [7, 11) is 0. The number of amides is 1. The van der Waals surface area contributed by atoms with Crippen LogP contribution in [0, 0.1) is 5.92 Å². The molecule has 1 aromatic rings. The van der Waals surface area contributed by atoms with Crippen molar-refractivity contribution >= 4 is 35.1 Å². The van der Waals surface area contributed by atoms with E-state index in [2.05, 4.69) is 0 Å². The maximum atomic E-state index is 12.5. The van der Waals surface area contributed by atoms with Crippen LogP contribution in [0.5, 0.6) is 0 Å². The molecule has 112 valence electrons. The minimum atomic E-state index is -0.797. The number of halogens is 2. The minimum absolute atomic E-state index is 0.0235. The zero-order valence-electron chi connectivity index (χ0n) is 11.3. The number of rotatable bonds is 3. The van der Waals surface area contributed by atoms with E-state index in [1.165, 1.54) is 0 Å². The van der Waals surface area contributed by atoms with Crippen LogP contribution < -0.4 is 0 Å². The Morgan fingerprint density at radius 2 is 2.00 bits per heavy atom. The van der Waals surface area contributed by atoms with E-state index < -0.39 is 11.9 Å². The molecule has 1 N–H and O–H groups in total. The number of nitrogens with zero attached hydrogens (tertiary/aromatic N) is 1. The van der Waals surface area contributed by atoms with Crippen molar-refractivity contribution in [2.45, 2.75) is 37.8 Å². The maximum absolute atomic E-state index is 12.5. The van der Waals surface area contributed by atoms with Gasteiger partial charge in [-0.15, -0.1) is 0 Å². The first-order valence-electron chi connectivity index (χ1n) is 6.95. The van der Waals surface area contributed by atoms with Crippen LogP contribution in [0.2, 0.25) is 10.0 Å². The molecule has 4 nitrogen and oxygen atoms in total. The van der Waals surface area contributed by atoms with Crippen LogP contribution >= 0.6 is 23.2 Å².